The topological polar surface area (TPSA) is 154 Å². The number of rotatable bonds is 5. The number of likely N-dealkylation sites (N-methyl/N-ethyl adjacent to an activating group) is 1. The van der Waals surface area contributed by atoms with Gasteiger partial charge in [-0.25, -0.2) is 23.1 Å². The van der Waals surface area contributed by atoms with Crippen molar-refractivity contribution in [2.75, 3.05) is 29.8 Å². The van der Waals surface area contributed by atoms with Gasteiger partial charge in [0.05, 0.1) is 41.3 Å². The summed E-state index contributed by atoms with van der Waals surface area (Å²) in [7, 11) is -2.25. The fraction of sp³-hybridized carbons (Fsp3) is 0.447. The van der Waals surface area contributed by atoms with Crippen LogP contribution in [0.25, 0.3) is 11.3 Å². The molecule has 2 fully saturated rings. The van der Waals surface area contributed by atoms with Crippen LogP contribution in [0.1, 0.15) is 67.2 Å². The summed E-state index contributed by atoms with van der Waals surface area (Å²) in [6.07, 6.45) is 4.97. The fourth-order valence-electron chi connectivity index (χ4n) is 7.81. The predicted octanol–water partition coefficient (Wildman–Crippen LogP) is 4.79. The van der Waals surface area contributed by atoms with E-state index in [0.717, 1.165) is 29.7 Å². The lowest BCUT2D eigenvalue weighted by atomic mass is 9.87. The number of nitrogens with zero attached hydrogens (tertiary/aromatic N) is 7. The first-order chi connectivity index (χ1) is 24.7. The Morgan fingerprint density at radius 1 is 1.00 bits per heavy atom. The minimum Gasteiger partial charge on any atom is -0.475 e. The third kappa shape index (κ3) is 7.19. The van der Waals surface area contributed by atoms with Crippen LogP contribution in [-0.4, -0.2) is 93.7 Å². The first-order valence-electron chi connectivity index (χ1n) is 17.7. The van der Waals surface area contributed by atoms with Gasteiger partial charge >= 0.3 is 0 Å². The number of ether oxygens (including phenoxy) is 1. The lowest BCUT2D eigenvalue weighted by molar-refractivity contribution is 0.0372. The second-order valence-electron chi connectivity index (χ2n) is 15.3. The molecule has 0 saturated carbocycles. The van der Waals surface area contributed by atoms with E-state index in [4.69, 9.17) is 9.72 Å². The summed E-state index contributed by atoms with van der Waals surface area (Å²) in [6.45, 7) is 11.2. The molecule has 3 aliphatic heterocycles. The van der Waals surface area contributed by atoms with Crippen molar-refractivity contribution < 1.29 is 23.1 Å². The molecule has 2 aromatic heterocycles. The number of likely N-dealkylation sites (tertiary alicyclic amines) is 1. The van der Waals surface area contributed by atoms with Crippen molar-refractivity contribution in [2.24, 2.45) is 5.41 Å². The van der Waals surface area contributed by atoms with Crippen molar-refractivity contribution in [2.45, 2.75) is 89.7 Å². The number of sulfonamides is 1. The third-order valence-electron chi connectivity index (χ3n) is 10.3. The number of carbonyl (C=O) groups excluding carboxylic acids is 1. The number of anilines is 2. The first kappa shape index (κ1) is 35.7. The minimum atomic E-state index is -4.20. The lowest BCUT2D eigenvalue weighted by Crippen LogP contribution is -2.45. The van der Waals surface area contributed by atoms with Gasteiger partial charge in [0, 0.05) is 42.2 Å². The molecule has 1 amide bonds. The number of hydrogen-bond acceptors (Lipinski definition) is 11. The third-order valence-corrected chi connectivity index (χ3v) is 11.6. The van der Waals surface area contributed by atoms with Gasteiger partial charge in [0.1, 0.15) is 18.7 Å². The van der Waals surface area contributed by atoms with Crippen LogP contribution in [-0.2, 0) is 16.6 Å². The zero-order valence-electron chi connectivity index (χ0n) is 30.4. The van der Waals surface area contributed by atoms with Crippen molar-refractivity contribution >= 4 is 27.7 Å². The fourth-order valence-corrected chi connectivity index (χ4v) is 8.80. The van der Waals surface area contributed by atoms with E-state index in [9.17, 15) is 18.3 Å². The van der Waals surface area contributed by atoms with E-state index < -0.39 is 22.3 Å². The number of hydrogen-bond donors (Lipinski definition) is 2. The smallest absolute Gasteiger partial charge is 0.264 e. The SMILES string of the molecule is Cc1cccc(C)c1-c1cc2nc(n1)NS(=O)(=O)c1cccc(c1)C(=O)N(Cc1cncc(N3CC[C@H]4C3CC(O)N4C)n1)[C@H](CC(C)(C)C)CO2. The van der Waals surface area contributed by atoms with E-state index in [0.29, 0.717) is 30.0 Å². The van der Waals surface area contributed by atoms with E-state index in [1.165, 1.54) is 12.1 Å². The van der Waals surface area contributed by atoms with Gasteiger partial charge in [-0.2, -0.15) is 4.98 Å². The molecule has 5 heterocycles. The number of fused-ring (bicyclic) bond motifs is 5. The van der Waals surface area contributed by atoms with E-state index in [2.05, 4.69) is 45.3 Å². The maximum absolute atomic E-state index is 14.6. The Labute approximate surface area is 305 Å². The van der Waals surface area contributed by atoms with Crippen LogP contribution in [0.3, 0.4) is 0 Å². The van der Waals surface area contributed by atoms with Crippen molar-refractivity contribution in [1.82, 2.24) is 29.7 Å². The molecule has 274 valence electrons. The molecule has 4 aromatic rings. The monoisotopic (exact) mass is 726 g/mol. The number of benzene rings is 2. The van der Waals surface area contributed by atoms with E-state index >= 15 is 0 Å². The molecular weight excluding hydrogens is 681 g/mol. The number of aliphatic hydroxyl groups excluding tert-OH is 1. The molecule has 2 N–H and O–H groups in total. The Morgan fingerprint density at radius 2 is 1.75 bits per heavy atom. The second-order valence-corrected chi connectivity index (χ2v) is 17.0. The molecule has 2 saturated heterocycles. The van der Waals surface area contributed by atoms with Gasteiger partial charge in [-0.05, 0) is 68.5 Å². The highest BCUT2D eigenvalue weighted by molar-refractivity contribution is 7.92. The highest BCUT2D eigenvalue weighted by Gasteiger charge is 2.46. The number of aromatic nitrogens is 4. The van der Waals surface area contributed by atoms with Crippen LogP contribution in [0.4, 0.5) is 11.8 Å². The largest absolute Gasteiger partial charge is 0.475 e. The maximum Gasteiger partial charge on any atom is 0.264 e. The van der Waals surface area contributed by atoms with Gasteiger partial charge in [0.15, 0.2) is 0 Å². The number of aliphatic hydroxyl groups is 1. The summed E-state index contributed by atoms with van der Waals surface area (Å²) in [6, 6.07) is 13.5. The van der Waals surface area contributed by atoms with Gasteiger partial charge < -0.3 is 19.6 Å². The minimum absolute atomic E-state index is 0.0747. The van der Waals surface area contributed by atoms with Crippen LogP contribution >= 0.6 is 0 Å². The van der Waals surface area contributed by atoms with Crippen LogP contribution < -0.4 is 14.4 Å². The van der Waals surface area contributed by atoms with E-state index in [1.807, 2.05) is 44.0 Å². The summed E-state index contributed by atoms with van der Waals surface area (Å²) < 4.78 is 36.5. The van der Waals surface area contributed by atoms with E-state index in [1.54, 1.807) is 35.5 Å². The average Bonchev–Trinajstić information content (AvgIpc) is 3.62. The van der Waals surface area contributed by atoms with Crippen LogP contribution in [0.5, 0.6) is 5.88 Å². The normalized spacial score (nSPS) is 23.2. The molecule has 3 aliphatic rings. The van der Waals surface area contributed by atoms with Gasteiger partial charge in [-0.15, -0.1) is 0 Å². The number of nitrogens with one attached hydrogen (secondary N) is 1. The molecule has 52 heavy (non-hydrogen) atoms. The zero-order valence-corrected chi connectivity index (χ0v) is 31.3. The summed E-state index contributed by atoms with van der Waals surface area (Å²) in [5, 5.41) is 10.5. The number of aryl methyl sites for hydroxylation is 2. The average molecular weight is 727 g/mol. The summed E-state index contributed by atoms with van der Waals surface area (Å²) >= 11 is 0. The molecule has 13 nitrogen and oxygen atoms in total. The van der Waals surface area contributed by atoms with Crippen LogP contribution in [0.15, 0.2) is 65.8 Å². The maximum atomic E-state index is 14.6. The Morgan fingerprint density at radius 3 is 2.50 bits per heavy atom. The Balaban J connectivity index is 1.30. The van der Waals surface area contributed by atoms with Gasteiger partial charge in [0.2, 0.25) is 11.8 Å². The molecule has 2 unspecified atom stereocenters. The standard InChI is InChI=1S/C38H46N8O5S/c1-23-9-7-10-24(2)35(23)29-16-33-42-37(41-29)43-52(49,50)28-12-8-11-25(15-28)36(48)46(27(22-51-33)18-38(3,4)5)21-26-19-39-20-32(40-26)45-14-13-30-31(45)17-34(47)44(30)6/h7-12,15-16,19-20,27,30-31,34,47H,13-14,17-18,21-22H2,1-6H3,(H,41,42,43)/t27-,30+,31?,34?/m1/s1. The molecule has 0 radical (unpaired) electrons. The number of amides is 1. The van der Waals surface area contributed by atoms with E-state index in [-0.39, 0.29) is 58.8 Å². The summed E-state index contributed by atoms with van der Waals surface area (Å²) in [5.74, 6) is 0.377. The lowest BCUT2D eigenvalue weighted by Gasteiger charge is -2.35. The summed E-state index contributed by atoms with van der Waals surface area (Å²) in [5.41, 5.74) is 3.87. The predicted molar refractivity (Wildman–Crippen MR) is 197 cm³/mol. The molecular formula is C38H46N8O5S. The Bertz CT molecular complexity index is 2080. The Hall–Kier alpha value is -4.66. The highest BCUT2D eigenvalue weighted by atomic mass is 32.2. The summed E-state index contributed by atoms with van der Waals surface area (Å²) in [4.78, 5) is 39.1. The molecule has 2 aromatic carbocycles. The van der Waals surface area contributed by atoms with Crippen molar-refractivity contribution in [3.8, 4) is 17.1 Å². The first-order valence-corrected chi connectivity index (χ1v) is 19.1. The highest BCUT2D eigenvalue weighted by Crippen LogP contribution is 2.36. The van der Waals surface area contributed by atoms with Crippen molar-refractivity contribution in [3.63, 3.8) is 0 Å². The molecule has 7 rings (SSSR count). The van der Waals surface area contributed by atoms with Gasteiger partial charge in [0.25, 0.3) is 15.9 Å². The Kier molecular flexibility index (Phi) is 9.42. The molecule has 0 aliphatic carbocycles. The van der Waals surface area contributed by atoms with Gasteiger partial charge in [-0.3, -0.25) is 14.7 Å². The van der Waals surface area contributed by atoms with Crippen LogP contribution in [0, 0.1) is 19.3 Å². The molecule has 4 atom stereocenters. The van der Waals surface area contributed by atoms with Crippen LogP contribution in [0.2, 0.25) is 0 Å². The zero-order chi connectivity index (χ0) is 36.9. The molecule has 0 spiro atoms. The van der Waals surface area contributed by atoms with Gasteiger partial charge in [-0.1, -0.05) is 45.0 Å². The molecule has 14 heteroatoms. The van der Waals surface area contributed by atoms with Crippen molar-refractivity contribution in [1.29, 1.82) is 0 Å². The number of carbonyl (C=O) groups is 1. The van der Waals surface area contributed by atoms with Crippen molar-refractivity contribution in [3.05, 3.63) is 83.3 Å². The quantitative estimate of drug-likeness (QED) is 0.292. The second kappa shape index (κ2) is 13.7. The molecule has 4 bridgehead atoms.